The molecule has 0 amide bonds. The number of fused-ring (bicyclic) bond motifs is 3. The highest BCUT2D eigenvalue weighted by molar-refractivity contribution is 6.10. The van der Waals surface area contributed by atoms with Crippen LogP contribution in [0.1, 0.15) is 22.3 Å². The summed E-state index contributed by atoms with van der Waals surface area (Å²) in [6, 6.07) is 5.74. The van der Waals surface area contributed by atoms with Gasteiger partial charge < -0.3 is 4.57 Å². The van der Waals surface area contributed by atoms with Crippen LogP contribution in [0.4, 0.5) is 4.39 Å². The lowest BCUT2D eigenvalue weighted by Gasteiger charge is -2.09. The van der Waals surface area contributed by atoms with Crippen LogP contribution in [0.2, 0.25) is 0 Å². The monoisotopic (exact) mass is 293 g/mol. The lowest BCUT2D eigenvalue weighted by molar-refractivity contribution is 0.620. The molecule has 1 nitrogen and oxygen atoms in total. The van der Waals surface area contributed by atoms with Crippen LogP contribution < -0.4 is 0 Å². The van der Waals surface area contributed by atoms with E-state index in [4.69, 9.17) is 0 Å². The van der Waals surface area contributed by atoms with Gasteiger partial charge in [0.1, 0.15) is 5.82 Å². The minimum absolute atomic E-state index is 0.147. The molecule has 0 saturated carbocycles. The van der Waals surface area contributed by atoms with Crippen LogP contribution in [0.25, 0.3) is 27.9 Å². The van der Waals surface area contributed by atoms with Gasteiger partial charge in [-0.1, -0.05) is 24.8 Å². The first-order chi connectivity index (χ1) is 10.5. The molecule has 22 heavy (non-hydrogen) atoms. The van der Waals surface area contributed by atoms with Crippen molar-refractivity contribution in [2.24, 2.45) is 7.05 Å². The molecule has 1 aromatic heterocycles. The van der Waals surface area contributed by atoms with E-state index in [1.54, 1.807) is 12.1 Å². The van der Waals surface area contributed by atoms with Gasteiger partial charge in [0.05, 0.1) is 5.52 Å². The second-order valence-corrected chi connectivity index (χ2v) is 5.90. The molecule has 0 atom stereocenters. The van der Waals surface area contributed by atoms with Crippen LogP contribution >= 0.6 is 0 Å². The predicted molar refractivity (Wildman–Crippen MR) is 93.8 cm³/mol. The van der Waals surface area contributed by atoms with Crippen LogP contribution in [0.3, 0.4) is 0 Å². The van der Waals surface area contributed by atoms with Crippen molar-refractivity contribution in [3.63, 3.8) is 0 Å². The second-order valence-electron chi connectivity index (χ2n) is 5.90. The molecule has 3 aromatic rings. The molecule has 0 N–H and O–H groups in total. The number of hydrogen-bond acceptors (Lipinski definition) is 0. The third-order valence-electron chi connectivity index (χ3n) is 4.46. The van der Waals surface area contributed by atoms with E-state index in [0.717, 1.165) is 21.8 Å². The second kappa shape index (κ2) is 5.13. The average molecular weight is 293 g/mol. The topological polar surface area (TPSA) is 4.93 Å². The van der Waals surface area contributed by atoms with E-state index in [0.29, 0.717) is 5.56 Å². The summed E-state index contributed by atoms with van der Waals surface area (Å²) in [5, 5.41) is 2.09. The zero-order valence-electron chi connectivity index (χ0n) is 13.5. The molecule has 1 heterocycles. The zero-order chi connectivity index (χ0) is 16.0. The number of benzene rings is 2. The fourth-order valence-electron chi connectivity index (χ4n) is 3.33. The maximum Gasteiger partial charge on any atom is 0.126 e. The van der Waals surface area contributed by atoms with E-state index < -0.39 is 0 Å². The van der Waals surface area contributed by atoms with Crippen LogP contribution in [0.5, 0.6) is 0 Å². The molecule has 0 aliphatic heterocycles. The molecule has 0 aliphatic rings. The van der Waals surface area contributed by atoms with E-state index in [1.165, 1.54) is 16.7 Å². The SMILES string of the molecule is C=C/C=C\c1c(C)cc2c3cc(F)c(C)cc3n(C)c2c1C. The molecule has 0 unspecified atom stereocenters. The van der Waals surface area contributed by atoms with Crippen molar-refractivity contribution in [2.45, 2.75) is 20.8 Å². The van der Waals surface area contributed by atoms with Crippen LogP contribution in [-0.4, -0.2) is 4.57 Å². The predicted octanol–water partition coefficient (Wildman–Crippen LogP) is 5.60. The Kier molecular flexibility index (Phi) is 3.40. The first-order valence-corrected chi connectivity index (χ1v) is 7.43. The van der Waals surface area contributed by atoms with E-state index in [9.17, 15) is 4.39 Å². The van der Waals surface area contributed by atoms with Crippen molar-refractivity contribution in [1.29, 1.82) is 0 Å². The van der Waals surface area contributed by atoms with E-state index in [2.05, 4.69) is 37.1 Å². The fraction of sp³-hybridized carbons (Fsp3) is 0.200. The Morgan fingerprint density at radius 2 is 1.77 bits per heavy atom. The molecule has 0 bridgehead atoms. The van der Waals surface area contributed by atoms with Gasteiger partial charge >= 0.3 is 0 Å². The highest BCUT2D eigenvalue weighted by Crippen LogP contribution is 2.35. The standard InChI is InChI=1S/C20H20FN/c1-6-7-8-15-12(2)9-17-16-11-18(21)13(3)10-19(16)22(5)20(17)14(15)4/h6-11H,1H2,2-5H3/b8-7-. The van der Waals surface area contributed by atoms with Crippen molar-refractivity contribution in [2.75, 3.05) is 0 Å². The first kappa shape index (κ1) is 14.6. The molecule has 0 spiro atoms. The van der Waals surface area contributed by atoms with Gasteiger partial charge in [0, 0.05) is 23.3 Å². The molecule has 2 aromatic carbocycles. The van der Waals surface area contributed by atoms with Crippen molar-refractivity contribution < 1.29 is 4.39 Å². The molecule has 3 rings (SSSR count). The molecule has 2 heteroatoms. The molecular formula is C20H20FN. The van der Waals surface area contributed by atoms with Crippen LogP contribution in [0.15, 0.2) is 36.9 Å². The molecule has 0 radical (unpaired) electrons. The van der Waals surface area contributed by atoms with Crippen molar-refractivity contribution in [3.05, 3.63) is 65.0 Å². The number of nitrogens with zero attached hydrogens (tertiary/aromatic N) is 1. The van der Waals surface area contributed by atoms with Crippen molar-refractivity contribution in [3.8, 4) is 0 Å². The number of aromatic nitrogens is 1. The van der Waals surface area contributed by atoms with Gasteiger partial charge in [-0.25, -0.2) is 4.39 Å². The molecule has 0 aliphatic carbocycles. The normalized spacial score (nSPS) is 11.9. The summed E-state index contributed by atoms with van der Waals surface area (Å²) in [6.07, 6.45) is 5.82. The summed E-state index contributed by atoms with van der Waals surface area (Å²) in [6.45, 7) is 9.76. The highest BCUT2D eigenvalue weighted by atomic mass is 19.1. The van der Waals surface area contributed by atoms with Crippen LogP contribution in [-0.2, 0) is 7.05 Å². The van der Waals surface area contributed by atoms with Gasteiger partial charge in [-0.2, -0.15) is 0 Å². The van der Waals surface area contributed by atoms with Gasteiger partial charge in [-0.05, 0) is 61.2 Å². The average Bonchev–Trinajstić information content (AvgIpc) is 2.72. The largest absolute Gasteiger partial charge is 0.343 e. The fourth-order valence-corrected chi connectivity index (χ4v) is 3.33. The zero-order valence-corrected chi connectivity index (χ0v) is 13.5. The third kappa shape index (κ3) is 1.98. The summed E-state index contributed by atoms with van der Waals surface area (Å²) in [5.74, 6) is -0.147. The lowest BCUT2D eigenvalue weighted by Crippen LogP contribution is -1.94. The molecular weight excluding hydrogens is 273 g/mol. The quantitative estimate of drug-likeness (QED) is 0.542. The summed E-state index contributed by atoms with van der Waals surface area (Å²) >= 11 is 0. The van der Waals surface area contributed by atoms with Gasteiger partial charge in [0.25, 0.3) is 0 Å². The summed E-state index contributed by atoms with van der Waals surface area (Å²) < 4.78 is 16.2. The Labute approximate surface area is 130 Å². The molecule has 112 valence electrons. The maximum atomic E-state index is 14.0. The Balaban J connectivity index is 2.50. The minimum atomic E-state index is -0.147. The van der Waals surface area contributed by atoms with E-state index in [1.807, 2.05) is 26.1 Å². The number of hydrogen-bond donors (Lipinski definition) is 0. The number of halogens is 1. The van der Waals surface area contributed by atoms with Gasteiger partial charge in [-0.15, -0.1) is 0 Å². The Morgan fingerprint density at radius 3 is 2.45 bits per heavy atom. The first-order valence-electron chi connectivity index (χ1n) is 7.43. The van der Waals surface area contributed by atoms with Gasteiger partial charge in [0.2, 0.25) is 0 Å². The van der Waals surface area contributed by atoms with E-state index in [-0.39, 0.29) is 5.82 Å². The Hall–Kier alpha value is -2.35. The number of allylic oxidation sites excluding steroid dienone is 2. The van der Waals surface area contributed by atoms with Gasteiger partial charge in [0.15, 0.2) is 0 Å². The smallest absolute Gasteiger partial charge is 0.126 e. The van der Waals surface area contributed by atoms with Crippen molar-refractivity contribution in [1.82, 2.24) is 4.57 Å². The number of rotatable bonds is 2. The summed E-state index contributed by atoms with van der Waals surface area (Å²) in [7, 11) is 2.05. The Morgan fingerprint density at radius 1 is 1.05 bits per heavy atom. The van der Waals surface area contributed by atoms with Gasteiger partial charge in [-0.3, -0.25) is 0 Å². The summed E-state index contributed by atoms with van der Waals surface area (Å²) in [4.78, 5) is 0. The van der Waals surface area contributed by atoms with Crippen molar-refractivity contribution >= 4 is 27.9 Å². The molecule has 0 fully saturated rings. The lowest BCUT2D eigenvalue weighted by atomic mass is 9.98. The summed E-state index contributed by atoms with van der Waals surface area (Å²) in [5.41, 5.74) is 6.52. The number of aryl methyl sites for hydroxylation is 4. The minimum Gasteiger partial charge on any atom is -0.343 e. The molecule has 0 saturated heterocycles. The Bertz CT molecular complexity index is 942. The third-order valence-corrected chi connectivity index (χ3v) is 4.46. The maximum absolute atomic E-state index is 14.0. The van der Waals surface area contributed by atoms with E-state index >= 15 is 0 Å². The van der Waals surface area contributed by atoms with Crippen LogP contribution in [0, 0.1) is 26.6 Å². The highest BCUT2D eigenvalue weighted by Gasteiger charge is 2.15.